The van der Waals surface area contributed by atoms with Crippen molar-refractivity contribution in [3.05, 3.63) is 0 Å². The fourth-order valence-electron chi connectivity index (χ4n) is 1.28. The van der Waals surface area contributed by atoms with E-state index in [-0.39, 0.29) is 0 Å². The molecule has 13 heavy (non-hydrogen) atoms. The Morgan fingerprint density at radius 2 is 2.08 bits per heavy atom. The Bertz CT molecular complexity index is 107. The Morgan fingerprint density at radius 3 is 2.54 bits per heavy atom. The molecular formula is C10H23ClN2. The average Bonchev–Trinajstić information content (AvgIpc) is 2.10. The molecule has 0 radical (unpaired) electrons. The van der Waals surface area contributed by atoms with Crippen LogP contribution in [-0.4, -0.2) is 44.0 Å². The first kappa shape index (κ1) is 13.2. The second kappa shape index (κ2) is 8.79. The van der Waals surface area contributed by atoms with Crippen LogP contribution in [0.1, 0.15) is 26.2 Å². The predicted molar refractivity (Wildman–Crippen MR) is 60.6 cm³/mol. The smallest absolute Gasteiger partial charge is 0.0238 e. The molecule has 0 bridgehead atoms. The standard InChI is InChI=1S/C10H23ClN2/c1-4-10(6-7-11)12-8-5-9-13(2)3/h10,12H,4-9H2,1-3H3. The lowest BCUT2D eigenvalue weighted by molar-refractivity contribution is 0.382. The summed E-state index contributed by atoms with van der Waals surface area (Å²) in [7, 11) is 4.21. The highest BCUT2D eigenvalue weighted by atomic mass is 35.5. The van der Waals surface area contributed by atoms with Gasteiger partial charge in [0.15, 0.2) is 0 Å². The number of hydrogen-bond donors (Lipinski definition) is 1. The zero-order chi connectivity index (χ0) is 10.1. The van der Waals surface area contributed by atoms with Gasteiger partial charge in [0, 0.05) is 11.9 Å². The maximum Gasteiger partial charge on any atom is 0.0238 e. The summed E-state index contributed by atoms with van der Waals surface area (Å²) in [6.07, 6.45) is 3.47. The quantitative estimate of drug-likeness (QED) is 0.483. The van der Waals surface area contributed by atoms with Gasteiger partial charge in [-0.15, -0.1) is 11.6 Å². The second-order valence-corrected chi connectivity index (χ2v) is 4.07. The number of rotatable bonds is 8. The van der Waals surface area contributed by atoms with Crippen molar-refractivity contribution in [1.82, 2.24) is 10.2 Å². The van der Waals surface area contributed by atoms with Gasteiger partial charge in [-0.2, -0.15) is 0 Å². The zero-order valence-corrected chi connectivity index (χ0v) is 9.90. The molecular weight excluding hydrogens is 184 g/mol. The molecule has 0 rings (SSSR count). The SMILES string of the molecule is CCC(CCCl)NCCCN(C)C. The minimum atomic E-state index is 0.611. The van der Waals surface area contributed by atoms with Crippen molar-refractivity contribution in [2.24, 2.45) is 0 Å². The van der Waals surface area contributed by atoms with Crippen LogP contribution in [0.15, 0.2) is 0 Å². The molecule has 0 aromatic heterocycles. The van der Waals surface area contributed by atoms with Gasteiger partial charge in [0.05, 0.1) is 0 Å². The molecule has 3 heteroatoms. The highest BCUT2D eigenvalue weighted by molar-refractivity contribution is 6.17. The molecule has 1 unspecified atom stereocenters. The average molecular weight is 207 g/mol. The summed E-state index contributed by atoms with van der Waals surface area (Å²) >= 11 is 5.69. The molecule has 0 aliphatic rings. The van der Waals surface area contributed by atoms with Gasteiger partial charge in [-0.3, -0.25) is 0 Å². The minimum absolute atomic E-state index is 0.611. The van der Waals surface area contributed by atoms with Crippen molar-refractivity contribution in [2.45, 2.75) is 32.2 Å². The molecule has 0 aromatic rings. The topological polar surface area (TPSA) is 15.3 Å². The highest BCUT2D eigenvalue weighted by Gasteiger charge is 2.03. The van der Waals surface area contributed by atoms with Gasteiger partial charge in [0.2, 0.25) is 0 Å². The van der Waals surface area contributed by atoms with Crippen LogP contribution in [0.25, 0.3) is 0 Å². The van der Waals surface area contributed by atoms with E-state index in [1.807, 2.05) is 0 Å². The summed E-state index contributed by atoms with van der Waals surface area (Å²) in [5, 5.41) is 3.51. The molecule has 1 N–H and O–H groups in total. The molecule has 0 aliphatic heterocycles. The zero-order valence-electron chi connectivity index (χ0n) is 9.15. The van der Waals surface area contributed by atoms with Crippen LogP contribution in [0.5, 0.6) is 0 Å². The highest BCUT2D eigenvalue weighted by Crippen LogP contribution is 1.99. The summed E-state index contributed by atoms with van der Waals surface area (Å²) in [5.74, 6) is 0.763. The van der Waals surface area contributed by atoms with E-state index < -0.39 is 0 Å². The third kappa shape index (κ3) is 8.54. The lowest BCUT2D eigenvalue weighted by atomic mass is 10.1. The molecule has 2 nitrogen and oxygen atoms in total. The molecule has 0 aliphatic carbocycles. The van der Waals surface area contributed by atoms with Gasteiger partial charge in [-0.25, -0.2) is 0 Å². The number of nitrogens with one attached hydrogen (secondary N) is 1. The van der Waals surface area contributed by atoms with E-state index >= 15 is 0 Å². The number of hydrogen-bond acceptors (Lipinski definition) is 2. The number of alkyl halides is 1. The van der Waals surface area contributed by atoms with Crippen LogP contribution >= 0.6 is 11.6 Å². The second-order valence-electron chi connectivity index (χ2n) is 3.69. The van der Waals surface area contributed by atoms with Crippen molar-refractivity contribution < 1.29 is 0 Å². The molecule has 0 saturated carbocycles. The normalized spacial score (nSPS) is 13.6. The van der Waals surface area contributed by atoms with Crippen molar-refractivity contribution in [2.75, 3.05) is 33.1 Å². The molecule has 0 amide bonds. The Hall–Kier alpha value is 0.210. The lowest BCUT2D eigenvalue weighted by Gasteiger charge is -2.16. The third-order valence-corrected chi connectivity index (χ3v) is 2.38. The van der Waals surface area contributed by atoms with Crippen molar-refractivity contribution in [3.63, 3.8) is 0 Å². The fourth-order valence-corrected chi connectivity index (χ4v) is 1.55. The molecule has 0 fully saturated rings. The van der Waals surface area contributed by atoms with Gasteiger partial charge in [0.1, 0.15) is 0 Å². The lowest BCUT2D eigenvalue weighted by Crippen LogP contribution is -2.31. The Morgan fingerprint density at radius 1 is 1.38 bits per heavy atom. The minimum Gasteiger partial charge on any atom is -0.314 e. The first-order valence-electron chi connectivity index (χ1n) is 5.14. The maximum atomic E-state index is 5.69. The summed E-state index contributed by atoms with van der Waals surface area (Å²) in [6, 6.07) is 0.611. The van der Waals surface area contributed by atoms with Crippen LogP contribution < -0.4 is 5.32 Å². The first-order chi connectivity index (χ1) is 6.20. The predicted octanol–water partition coefficient (Wildman–Crippen LogP) is 1.94. The van der Waals surface area contributed by atoms with E-state index in [9.17, 15) is 0 Å². The molecule has 0 heterocycles. The van der Waals surface area contributed by atoms with E-state index in [0.717, 1.165) is 25.4 Å². The van der Waals surface area contributed by atoms with Gasteiger partial charge in [-0.05, 0) is 46.4 Å². The van der Waals surface area contributed by atoms with Crippen molar-refractivity contribution in [1.29, 1.82) is 0 Å². The van der Waals surface area contributed by atoms with E-state index in [1.165, 1.54) is 12.8 Å². The molecule has 0 aromatic carbocycles. The van der Waals surface area contributed by atoms with E-state index in [4.69, 9.17) is 11.6 Å². The molecule has 80 valence electrons. The third-order valence-electron chi connectivity index (χ3n) is 2.17. The van der Waals surface area contributed by atoms with Crippen LogP contribution in [-0.2, 0) is 0 Å². The van der Waals surface area contributed by atoms with E-state index in [0.29, 0.717) is 6.04 Å². The number of nitrogens with zero attached hydrogens (tertiary/aromatic N) is 1. The van der Waals surface area contributed by atoms with Crippen LogP contribution in [0.3, 0.4) is 0 Å². The van der Waals surface area contributed by atoms with E-state index in [1.54, 1.807) is 0 Å². The molecule has 0 saturated heterocycles. The van der Waals surface area contributed by atoms with Crippen LogP contribution in [0, 0.1) is 0 Å². The number of halogens is 1. The molecule has 1 atom stereocenters. The van der Waals surface area contributed by atoms with Crippen molar-refractivity contribution in [3.8, 4) is 0 Å². The summed E-state index contributed by atoms with van der Waals surface area (Å²) in [4.78, 5) is 2.21. The van der Waals surface area contributed by atoms with Crippen molar-refractivity contribution >= 4 is 11.6 Å². The summed E-state index contributed by atoms with van der Waals surface area (Å²) < 4.78 is 0. The first-order valence-corrected chi connectivity index (χ1v) is 5.68. The monoisotopic (exact) mass is 206 g/mol. The summed E-state index contributed by atoms with van der Waals surface area (Å²) in [6.45, 7) is 4.47. The van der Waals surface area contributed by atoms with E-state index in [2.05, 4.69) is 31.2 Å². The Balaban J connectivity index is 3.27. The summed E-state index contributed by atoms with van der Waals surface area (Å²) in [5.41, 5.74) is 0. The Labute approximate surface area is 87.6 Å². The fraction of sp³-hybridized carbons (Fsp3) is 1.00. The van der Waals surface area contributed by atoms with Gasteiger partial charge < -0.3 is 10.2 Å². The van der Waals surface area contributed by atoms with Gasteiger partial charge in [0.25, 0.3) is 0 Å². The van der Waals surface area contributed by atoms with Gasteiger partial charge >= 0.3 is 0 Å². The maximum absolute atomic E-state index is 5.69. The molecule has 0 spiro atoms. The van der Waals surface area contributed by atoms with Crippen LogP contribution in [0.4, 0.5) is 0 Å². The Kier molecular flexibility index (Phi) is 8.93. The van der Waals surface area contributed by atoms with Crippen LogP contribution in [0.2, 0.25) is 0 Å². The van der Waals surface area contributed by atoms with Gasteiger partial charge in [-0.1, -0.05) is 6.92 Å². The largest absolute Gasteiger partial charge is 0.314 e.